The molecule has 0 spiro atoms. The lowest BCUT2D eigenvalue weighted by atomic mass is 10.1. The number of aliphatic carboxylic acids is 1. The lowest BCUT2D eigenvalue weighted by molar-refractivity contribution is -0.153. The molecule has 0 aliphatic rings. The van der Waals surface area contributed by atoms with Crippen molar-refractivity contribution >= 4 is 11.7 Å². The number of alkyl halides is 6. The van der Waals surface area contributed by atoms with Gasteiger partial charge in [-0.25, -0.2) is 0 Å². The summed E-state index contributed by atoms with van der Waals surface area (Å²) in [7, 11) is 0. The fourth-order valence-corrected chi connectivity index (χ4v) is 1.30. The maximum absolute atomic E-state index is 12.5. The zero-order chi connectivity index (χ0) is 16.3. The molecule has 0 bridgehead atoms. The number of carboxylic acid groups (broad SMARTS) is 1. The van der Waals surface area contributed by atoms with Crippen LogP contribution in [0.15, 0.2) is 18.2 Å². The number of hydrogen-bond acceptors (Lipinski definition) is 3. The Hall–Kier alpha value is -2.13. The highest BCUT2D eigenvalue weighted by molar-refractivity contribution is 5.74. The Bertz CT molecular complexity index is 512. The monoisotopic (exact) mass is 317 g/mol. The van der Waals surface area contributed by atoms with Gasteiger partial charge in [0, 0.05) is 0 Å². The van der Waals surface area contributed by atoms with Gasteiger partial charge in [-0.2, -0.15) is 26.3 Å². The van der Waals surface area contributed by atoms with Crippen molar-refractivity contribution in [2.24, 2.45) is 0 Å². The second-order valence-electron chi connectivity index (χ2n) is 3.86. The van der Waals surface area contributed by atoms with Crippen LogP contribution < -0.4 is 10.1 Å². The predicted octanol–water partition coefficient (Wildman–Crippen LogP) is 3.14. The molecule has 0 aromatic heterocycles. The molecule has 1 aromatic carbocycles. The summed E-state index contributed by atoms with van der Waals surface area (Å²) in [6, 6.07) is 1.71. The van der Waals surface area contributed by atoms with Crippen molar-refractivity contribution in [2.75, 3.05) is 18.5 Å². The molecular weight excluding hydrogens is 308 g/mol. The maximum Gasteiger partial charge on any atom is 0.422 e. The molecule has 0 unspecified atom stereocenters. The number of ether oxygens (including phenoxy) is 1. The van der Waals surface area contributed by atoms with Crippen LogP contribution in [-0.2, 0) is 11.0 Å². The van der Waals surface area contributed by atoms with Crippen molar-refractivity contribution in [1.29, 1.82) is 0 Å². The van der Waals surface area contributed by atoms with E-state index in [4.69, 9.17) is 5.11 Å². The standard InChI is InChI=1S/C11H9F6NO3/c12-10(13,14)5-21-8-2-1-6(11(15,16)17)3-7(8)18-4-9(19)20/h1-3,18H,4-5H2,(H,19,20). The third-order valence-corrected chi connectivity index (χ3v) is 2.13. The Kier molecular flexibility index (Phi) is 4.92. The van der Waals surface area contributed by atoms with E-state index in [1.54, 1.807) is 0 Å². The molecule has 0 amide bonds. The molecule has 0 radical (unpaired) electrons. The van der Waals surface area contributed by atoms with Crippen molar-refractivity contribution in [1.82, 2.24) is 0 Å². The highest BCUT2D eigenvalue weighted by atomic mass is 19.4. The number of hydrogen-bond donors (Lipinski definition) is 2. The molecule has 0 fully saturated rings. The van der Waals surface area contributed by atoms with Crippen LogP contribution in [0.1, 0.15) is 5.56 Å². The molecule has 0 heterocycles. The van der Waals surface area contributed by atoms with E-state index in [0.29, 0.717) is 18.2 Å². The van der Waals surface area contributed by atoms with Crippen LogP contribution in [-0.4, -0.2) is 30.4 Å². The van der Waals surface area contributed by atoms with Crippen molar-refractivity contribution in [3.63, 3.8) is 0 Å². The van der Waals surface area contributed by atoms with Gasteiger partial charge in [-0.3, -0.25) is 4.79 Å². The van der Waals surface area contributed by atoms with Crippen LogP contribution in [0, 0.1) is 0 Å². The van der Waals surface area contributed by atoms with Crippen LogP contribution in [0.3, 0.4) is 0 Å². The van der Waals surface area contributed by atoms with E-state index >= 15 is 0 Å². The Morgan fingerprint density at radius 2 is 1.81 bits per heavy atom. The number of carboxylic acids is 1. The minimum Gasteiger partial charge on any atom is -0.482 e. The zero-order valence-electron chi connectivity index (χ0n) is 10.2. The minimum atomic E-state index is -4.72. The summed E-state index contributed by atoms with van der Waals surface area (Å²) >= 11 is 0. The molecule has 10 heteroatoms. The fraction of sp³-hybridized carbons (Fsp3) is 0.364. The highest BCUT2D eigenvalue weighted by Crippen LogP contribution is 2.35. The Labute approximate surface area is 114 Å². The van der Waals surface area contributed by atoms with Crippen LogP contribution in [0.25, 0.3) is 0 Å². The van der Waals surface area contributed by atoms with E-state index < -0.39 is 48.5 Å². The molecule has 0 saturated carbocycles. The second kappa shape index (κ2) is 6.10. The molecule has 4 nitrogen and oxygen atoms in total. The summed E-state index contributed by atoms with van der Waals surface area (Å²) < 4.78 is 78.0. The van der Waals surface area contributed by atoms with E-state index in [1.807, 2.05) is 0 Å². The van der Waals surface area contributed by atoms with Crippen molar-refractivity contribution in [3.8, 4) is 5.75 Å². The molecule has 21 heavy (non-hydrogen) atoms. The number of rotatable bonds is 5. The minimum absolute atomic E-state index is 0.481. The predicted molar refractivity (Wildman–Crippen MR) is 59.1 cm³/mol. The maximum atomic E-state index is 12.5. The molecule has 2 N–H and O–H groups in total. The zero-order valence-corrected chi connectivity index (χ0v) is 10.2. The van der Waals surface area contributed by atoms with E-state index in [0.717, 1.165) is 0 Å². The van der Waals surface area contributed by atoms with Gasteiger partial charge in [-0.1, -0.05) is 0 Å². The van der Waals surface area contributed by atoms with Crippen molar-refractivity contribution < 1.29 is 41.0 Å². The van der Waals surface area contributed by atoms with Crippen LogP contribution in [0.4, 0.5) is 32.0 Å². The topological polar surface area (TPSA) is 58.6 Å². The Morgan fingerprint density at radius 3 is 2.29 bits per heavy atom. The third kappa shape index (κ3) is 5.79. The van der Waals surface area contributed by atoms with Gasteiger partial charge in [-0.05, 0) is 18.2 Å². The second-order valence-corrected chi connectivity index (χ2v) is 3.86. The quantitative estimate of drug-likeness (QED) is 0.819. The summed E-state index contributed by atoms with van der Waals surface area (Å²) in [4.78, 5) is 10.4. The number of halogens is 6. The summed E-state index contributed by atoms with van der Waals surface area (Å²) in [5, 5.41) is 10.5. The largest absolute Gasteiger partial charge is 0.482 e. The highest BCUT2D eigenvalue weighted by Gasteiger charge is 2.32. The number of nitrogens with one attached hydrogen (secondary N) is 1. The van der Waals surface area contributed by atoms with Gasteiger partial charge < -0.3 is 15.2 Å². The molecule has 0 atom stereocenters. The SMILES string of the molecule is O=C(O)CNc1cc(C(F)(F)F)ccc1OCC(F)(F)F. The fourth-order valence-electron chi connectivity index (χ4n) is 1.30. The molecular formula is C11H9F6NO3. The molecule has 0 saturated heterocycles. The van der Waals surface area contributed by atoms with Gasteiger partial charge in [0.05, 0.1) is 11.3 Å². The molecule has 0 aliphatic heterocycles. The third-order valence-electron chi connectivity index (χ3n) is 2.13. The van der Waals surface area contributed by atoms with E-state index in [1.165, 1.54) is 0 Å². The van der Waals surface area contributed by atoms with Gasteiger partial charge in [0.2, 0.25) is 0 Å². The average Bonchev–Trinajstić information content (AvgIpc) is 2.32. The van der Waals surface area contributed by atoms with Crippen LogP contribution >= 0.6 is 0 Å². The van der Waals surface area contributed by atoms with Gasteiger partial charge >= 0.3 is 18.3 Å². The van der Waals surface area contributed by atoms with Gasteiger partial charge in [0.15, 0.2) is 6.61 Å². The Morgan fingerprint density at radius 1 is 1.19 bits per heavy atom. The molecule has 1 rings (SSSR count). The Balaban J connectivity index is 3.02. The van der Waals surface area contributed by atoms with Gasteiger partial charge in [0.1, 0.15) is 12.3 Å². The lowest BCUT2D eigenvalue weighted by Gasteiger charge is -2.16. The summed E-state index contributed by atoms with van der Waals surface area (Å²) in [6.07, 6.45) is -9.39. The van der Waals surface area contributed by atoms with Gasteiger partial charge in [0.25, 0.3) is 0 Å². The van der Waals surface area contributed by atoms with E-state index in [2.05, 4.69) is 10.1 Å². The number of benzene rings is 1. The number of anilines is 1. The first-order valence-electron chi connectivity index (χ1n) is 5.35. The van der Waals surface area contributed by atoms with E-state index in [-0.39, 0.29) is 0 Å². The first-order chi connectivity index (χ1) is 9.49. The molecule has 0 aliphatic carbocycles. The number of carbonyl (C=O) groups is 1. The van der Waals surface area contributed by atoms with Crippen molar-refractivity contribution in [3.05, 3.63) is 23.8 Å². The smallest absolute Gasteiger partial charge is 0.422 e. The first kappa shape index (κ1) is 16.9. The van der Waals surface area contributed by atoms with Crippen LogP contribution in [0.5, 0.6) is 5.75 Å². The van der Waals surface area contributed by atoms with Gasteiger partial charge in [-0.15, -0.1) is 0 Å². The van der Waals surface area contributed by atoms with Crippen molar-refractivity contribution in [2.45, 2.75) is 12.4 Å². The summed E-state index contributed by atoms with van der Waals surface area (Å²) in [5.41, 5.74) is -1.63. The van der Waals surface area contributed by atoms with Crippen LogP contribution in [0.2, 0.25) is 0 Å². The lowest BCUT2D eigenvalue weighted by Crippen LogP contribution is -2.20. The summed E-state index contributed by atoms with van der Waals surface area (Å²) in [6.45, 7) is -2.48. The molecule has 1 aromatic rings. The molecule has 118 valence electrons. The first-order valence-corrected chi connectivity index (χ1v) is 5.35. The average molecular weight is 317 g/mol. The van der Waals surface area contributed by atoms with E-state index in [9.17, 15) is 31.1 Å². The normalized spacial score (nSPS) is 12.1. The summed E-state index contributed by atoms with van der Waals surface area (Å²) in [5.74, 6) is -1.92.